The third-order valence-corrected chi connectivity index (χ3v) is 7.65. The van der Waals surface area contributed by atoms with Gasteiger partial charge in [-0.25, -0.2) is 4.39 Å². The zero-order chi connectivity index (χ0) is 25.5. The molecule has 2 saturated heterocycles. The molecule has 0 N–H and O–H groups in total. The van der Waals surface area contributed by atoms with Crippen LogP contribution in [0.4, 0.5) is 18.9 Å². The van der Waals surface area contributed by atoms with Crippen LogP contribution in [0.25, 0.3) is 11.3 Å². The first-order valence-electron chi connectivity index (χ1n) is 12.6. The van der Waals surface area contributed by atoms with Gasteiger partial charge in [0.1, 0.15) is 29.1 Å². The van der Waals surface area contributed by atoms with Crippen molar-refractivity contribution in [3.63, 3.8) is 0 Å². The molecule has 6 nitrogen and oxygen atoms in total. The summed E-state index contributed by atoms with van der Waals surface area (Å²) in [6.45, 7) is -2.68. The summed E-state index contributed by atoms with van der Waals surface area (Å²) in [5, 5.41) is 13.3. The molecule has 0 radical (unpaired) electrons. The fourth-order valence-electron chi connectivity index (χ4n) is 5.84. The van der Waals surface area contributed by atoms with E-state index in [0.717, 1.165) is 55.5 Å². The molecule has 3 heterocycles. The van der Waals surface area contributed by atoms with E-state index in [1.165, 1.54) is 18.2 Å². The molecule has 0 amide bonds. The van der Waals surface area contributed by atoms with Gasteiger partial charge in [-0.15, -0.1) is 0 Å². The molecule has 2 atom stereocenters. The fourth-order valence-corrected chi connectivity index (χ4v) is 5.84. The summed E-state index contributed by atoms with van der Waals surface area (Å²) >= 11 is 0. The van der Waals surface area contributed by atoms with Crippen molar-refractivity contribution in [3.05, 3.63) is 65.2 Å². The maximum absolute atomic E-state index is 14.3. The Labute approximate surface area is 212 Å². The number of fused-ring (bicyclic) bond motifs is 2. The lowest BCUT2D eigenvalue weighted by molar-refractivity contribution is -0.0494. The highest BCUT2D eigenvalue weighted by molar-refractivity contribution is 5.70. The van der Waals surface area contributed by atoms with Crippen molar-refractivity contribution in [2.45, 2.75) is 75.8 Å². The van der Waals surface area contributed by atoms with E-state index in [1.54, 1.807) is 18.2 Å². The number of nitrogens with zero attached hydrogens (tertiary/aromatic N) is 3. The first kappa shape index (κ1) is 23.9. The molecule has 3 aliphatic rings. The topological polar surface area (TPSA) is 71.5 Å². The Bertz CT molecular complexity index is 1320. The monoisotopic (exact) mass is 509 g/mol. The van der Waals surface area contributed by atoms with E-state index in [2.05, 4.69) is 10.1 Å². The highest BCUT2D eigenvalue weighted by Crippen LogP contribution is 2.46. The second kappa shape index (κ2) is 9.75. The van der Waals surface area contributed by atoms with Gasteiger partial charge in [0.2, 0.25) is 0 Å². The van der Waals surface area contributed by atoms with Crippen molar-refractivity contribution in [1.82, 2.24) is 5.16 Å². The maximum atomic E-state index is 14.3. The molecule has 1 saturated carbocycles. The zero-order valence-corrected chi connectivity index (χ0v) is 20.1. The van der Waals surface area contributed by atoms with E-state index in [4.69, 9.17) is 19.3 Å². The van der Waals surface area contributed by atoms with Gasteiger partial charge in [-0.1, -0.05) is 17.3 Å². The average Bonchev–Trinajstić information content (AvgIpc) is 3.59. The molecule has 6 rings (SSSR count). The van der Waals surface area contributed by atoms with E-state index in [-0.39, 0.29) is 42.0 Å². The van der Waals surface area contributed by atoms with Crippen LogP contribution in [0.5, 0.6) is 5.75 Å². The number of hydrogen-bond donors (Lipinski definition) is 0. The molecule has 2 aromatic carbocycles. The highest BCUT2D eigenvalue weighted by Gasteiger charge is 2.42. The van der Waals surface area contributed by atoms with Gasteiger partial charge in [-0.3, -0.25) is 0 Å². The number of rotatable bonds is 8. The summed E-state index contributed by atoms with van der Waals surface area (Å²) in [5.41, 5.74) is 2.57. The third-order valence-electron chi connectivity index (χ3n) is 7.65. The van der Waals surface area contributed by atoms with E-state index >= 15 is 0 Å². The standard InChI is InChI=1S/C28H26F3N3O3/c29-24-13-20(8-7-17(24)14-32)34-18-9-10-19(34)12-21(11-18)35-15-23-26(33-37-27(23)16-5-6-16)22-3-1-2-4-25(22)36-28(30)31/h1-4,7-8,13,16,18-19,21,28H,5-6,9-12,15H2. The number of para-hydroxylation sites is 1. The summed E-state index contributed by atoms with van der Waals surface area (Å²) in [7, 11) is 0. The van der Waals surface area contributed by atoms with Gasteiger partial charge < -0.3 is 18.9 Å². The van der Waals surface area contributed by atoms with Crippen molar-refractivity contribution in [2.75, 3.05) is 4.90 Å². The van der Waals surface area contributed by atoms with Crippen LogP contribution in [0, 0.1) is 17.1 Å². The van der Waals surface area contributed by atoms with E-state index in [1.807, 2.05) is 12.1 Å². The lowest BCUT2D eigenvalue weighted by Gasteiger charge is -2.40. The molecule has 192 valence electrons. The Kier molecular flexibility index (Phi) is 6.29. The largest absolute Gasteiger partial charge is 0.434 e. The van der Waals surface area contributed by atoms with Crippen molar-refractivity contribution < 1.29 is 27.2 Å². The minimum absolute atomic E-state index is 0.000612. The minimum Gasteiger partial charge on any atom is -0.434 e. The second-order valence-corrected chi connectivity index (χ2v) is 10.00. The van der Waals surface area contributed by atoms with Crippen LogP contribution in [0.1, 0.15) is 61.3 Å². The number of aromatic nitrogens is 1. The Morgan fingerprint density at radius 3 is 2.51 bits per heavy atom. The molecule has 3 aromatic rings. The third kappa shape index (κ3) is 4.66. The molecule has 3 fully saturated rings. The summed E-state index contributed by atoms with van der Waals surface area (Å²) in [6, 6.07) is 13.7. The maximum Gasteiger partial charge on any atom is 0.387 e. The van der Waals surface area contributed by atoms with Crippen molar-refractivity contribution in [1.29, 1.82) is 5.26 Å². The number of benzene rings is 2. The van der Waals surface area contributed by atoms with Gasteiger partial charge >= 0.3 is 6.61 Å². The summed E-state index contributed by atoms with van der Waals surface area (Å²) in [6.07, 6.45) is 5.58. The van der Waals surface area contributed by atoms with E-state index in [9.17, 15) is 13.2 Å². The Morgan fingerprint density at radius 2 is 1.84 bits per heavy atom. The van der Waals surface area contributed by atoms with E-state index < -0.39 is 12.4 Å². The van der Waals surface area contributed by atoms with Gasteiger partial charge in [-0.2, -0.15) is 14.0 Å². The predicted molar refractivity (Wildman–Crippen MR) is 129 cm³/mol. The number of piperidine rings is 1. The fraction of sp³-hybridized carbons (Fsp3) is 0.429. The number of alkyl halides is 2. The molecule has 37 heavy (non-hydrogen) atoms. The average molecular weight is 510 g/mol. The van der Waals surface area contributed by atoms with Crippen LogP contribution in [-0.4, -0.2) is 30.0 Å². The van der Waals surface area contributed by atoms with E-state index in [0.29, 0.717) is 11.3 Å². The Balaban J connectivity index is 1.20. The summed E-state index contributed by atoms with van der Waals surface area (Å²) in [5.74, 6) is 0.583. The molecule has 1 aliphatic carbocycles. The molecule has 9 heteroatoms. The van der Waals surface area contributed by atoms with Gasteiger partial charge in [-0.05, 0) is 68.9 Å². The van der Waals surface area contributed by atoms with Crippen LogP contribution in [0.2, 0.25) is 0 Å². The van der Waals surface area contributed by atoms with Crippen molar-refractivity contribution >= 4 is 5.69 Å². The van der Waals surface area contributed by atoms with Crippen LogP contribution in [0.15, 0.2) is 47.0 Å². The lowest BCUT2D eigenvalue weighted by atomic mass is 9.98. The summed E-state index contributed by atoms with van der Waals surface area (Å²) in [4.78, 5) is 2.27. The normalized spacial score (nSPS) is 22.9. The second-order valence-electron chi connectivity index (χ2n) is 10.00. The smallest absolute Gasteiger partial charge is 0.387 e. The SMILES string of the molecule is N#Cc1ccc(N2C3CCC2CC(OCc2c(-c4ccccc4OC(F)F)noc2C2CC2)C3)cc1F. The molecule has 2 bridgehead atoms. The number of ether oxygens (including phenoxy) is 2. The molecule has 2 unspecified atom stereocenters. The zero-order valence-electron chi connectivity index (χ0n) is 20.1. The predicted octanol–water partition coefficient (Wildman–Crippen LogP) is 6.55. The Hall–Kier alpha value is -3.51. The number of nitriles is 1. The van der Waals surface area contributed by atoms with Crippen molar-refractivity contribution in [2.24, 2.45) is 0 Å². The molecular formula is C28H26F3N3O3. The molecule has 1 aromatic heterocycles. The van der Waals surface area contributed by atoms with Crippen LogP contribution < -0.4 is 9.64 Å². The van der Waals surface area contributed by atoms with Gasteiger partial charge in [0, 0.05) is 34.8 Å². The molecule has 0 spiro atoms. The van der Waals surface area contributed by atoms with Crippen LogP contribution >= 0.6 is 0 Å². The minimum atomic E-state index is -2.94. The quantitative estimate of drug-likeness (QED) is 0.343. The van der Waals surface area contributed by atoms with Crippen LogP contribution in [-0.2, 0) is 11.3 Å². The summed E-state index contributed by atoms with van der Waals surface area (Å²) < 4.78 is 57.2. The first-order chi connectivity index (χ1) is 18.0. The highest BCUT2D eigenvalue weighted by atomic mass is 19.3. The van der Waals surface area contributed by atoms with Gasteiger partial charge in [0.25, 0.3) is 0 Å². The van der Waals surface area contributed by atoms with Crippen molar-refractivity contribution in [3.8, 4) is 23.1 Å². The lowest BCUT2D eigenvalue weighted by Crippen LogP contribution is -2.45. The van der Waals surface area contributed by atoms with Gasteiger partial charge in [0.15, 0.2) is 0 Å². The number of halogens is 3. The number of anilines is 1. The Morgan fingerprint density at radius 1 is 1.08 bits per heavy atom. The van der Waals surface area contributed by atoms with Gasteiger partial charge in [0.05, 0.1) is 18.3 Å². The van der Waals surface area contributed by atoms with Crippen LogP contribution in [0.3, 0.4) is 0 Å². The number of hydrogen-bond acceptors (Lipinski definition) is 6. The molecular weight excluding hydrogens is 483 g/mol. The molecule has 2 aliphatic heterocycles. The first-order valence-corrected chi connectivity index (χ1v) is 12.6.